The molecule has 0 amide bonds. The molecule has 5 nitrogen and oxygen atoms in total. The van der Waals surface area contributed by atoms with E-state index in [1.807, 2.05) is 18.6 Å². The third-order valence-corrected chi connectivity index (χ3v) is 6.02. The minimum Gasteiger partial charge on any atom is -0.490 e. The molecule has 1 aliphatic heterocycles. The van der Waals surface area contributed by atoms with Crippen LogP contribution < -0.4 is 4.74 Å². The smallest absolute Gasteiger partial charge is 0.406 e. The van der Waals surface area contributed by atoms with Crippen molar-refractivity contribution in [1.82, 2.24) is 19.0 Å². The molecule has 1 saturated heterocycles. The topological polar surface area (TPSA) is 35.2 Å². The normalized spacial score (nSPS) is 18.9. The van der Waals surface area contributed by atoms with Crippen molar-refractivity contribution in [2.45, 2.75) is 57.1 Å². The van der Waals surface area contributed by atoms with E-state index in [0.717, 1.165) is 37.9 Å². The maximum atomic E-state index is 12.8. The van der Waals surface area contributed by atoms with Gasteiger partial charge in [-0.2, -0.15) is 13.2 Å². The van der Waals surface area contributed by atoms with Gasteiger partial charge in [0.1, 0.15) is 18.4 Å². The Hall–Kier alpha value is -2.48. The summed E-state index contributed by atoms with van der Waals surface area (Å²) in [6, 6.07) is 7.66. The molecule has 2 fully saturated rings. The van der Waals surface area contributed by atoms with Crippen LogP contribution in [0.4, 0.5) is 13.2 Å². The molecule has 0 radical (unpaired) electrons. The second kappa shape index (κ2) is 7.65. The number of ether oxygens (including phenoxy) is 1. The van der Waals surface area contributed by atoms with Gasteiger partial charge in [0.25, 0.3) is 0 Å². The van der Waals surface area contributed by atoms with Crippen LogP contribution in [-0.2, 0) is 13.1 Å². The molecule has 1 aromatic carbocycles. The van der Waals surface area contributed by atoms with Crippen molar-refractivity contribution in [2.24, 2.45) is 0 Å². The Morgan fingerprint density at radius 3 is 2.60 bits per heavy atom. The van der Waals surface area contributed by atoms with Gasteiger partial charge in [-0.05, 0) is 43.9 Å². The Labute approximate surface area is 173 Å². The first kappa shape index (κ1) is 19.5. The summed E-state index contributed by atoms with van der Waals surface area (Å²) in [5.74, 6) is 0.665. The van der Waals surface area contributed by atoms with Crippen molar-refractivity contribution < 1.29 is 17.9 Å². The molecule has 3 aromatic rings. The summed E-state index contributed by atoms with van der Waals surface area (Å²) in [5, 5.41) is 0.734. The quantitative estimate of drug-likeness (QED) is 0.578. The number of aromatic nitrogens is 3. The Morgan fingerprint density at radius 2 is 1.87 bits per heavy atom. The van der Waals surface area contributed by atoms with E-state index < -0.39 is 12.7 Å². The Kier molecular flexibility index (Phi) is 4.97. The molecule has 2 aromatic heterocycles. The molecule has 0 N–H and O–H groups in total. The lowest BCUT2D eigenvalue weighted by molar-refractivity contribution is -0.139. The minimum atomic E-state index is -4.25. The molecule has 0 bridgehead atoms. The van der Waals surface area contributed by atoms with E-state index >= 15 is 0 Å². The first-order chi connectivity index (χ1) is 14.5. The van der Waals surface area contributed by atoms with Crippen LogP contribution in [0, 0.1) is 0 Å². The zero-order chi connectivity index (χ0) is 20.7. The monoisotopic (exact) mass is 418 g/mol. The lowest BCUT2D eigenvalue weighted by Crippen LogP contribution is -2.38. The van der Waals surface area contributed by atoms with Crippen LogP contribution in [0.3, 0.4) is 0 Å². The van der Waals surface area contributed by atoms with Crippen LogP contribution in [0.5, 0.6) is 5.75 Å². The fourth-order valence-corrected chi connectivity index (χ4v) is 4.36. The average Bonchev–Trinajstić information content (AvgIpc) is 3.32. The van der Waals surface area contributed by atoms with E-state index in [-0.39, 0.29) is 6.10 Å². The number of benzene rings is 1. The summed E-state index contributed by atoms with van der Waals surface area (Å²) < 4.78 is 48.2. The molecule has 160 valence electrons. The number of imidazole rings is 1. The van der Waals surface area contributed by atoms with Crippen LogP contribution in [0.15, 0.2) is 43.0 Å². The van der Waals surface area contributed by atoms with Gasteiger partial charge < -0.3 is 13.9 Å². The number of hydrogen-bond acceptors (Lipinski definition) is 3. The van der Waals surface area contributed by atoms with Crippen molar-refractivity contribution in [2.75, 3.05) is 13.1 Å². The highest BCUT2D eigenvalue weighted by Crippen LogP contribution is 2.36. The van der Waals surface area contributed by atoms with Gasteiger partial charge in [-0.1, -0.05) is 6.07 Å². The molecule has 1 aliphatic carbocycles. The van der Waals surface area contributed by atoms with Gasteiger partial charge in [-0.3, -0.25) is 4.90 Å². The SMILES string of the molecule is FC(F)(F)Cn1ccc2c(OC3CCN(Cc4cncn4C4CC4)CC3)cccc21. The fourth-order valence-electron chi connectivity index (χ4n) is 4.36. The van der Waals surface area contributed by atoms with Crippen molar-refractivity contribution in [1.29, 1.82) is 0 Å². The number of nitrogens with zero attached hydrogens (tertiary/aromatic N) is 4. The standard InChI is InChI=1S/C22H25F3N4O/c23-22(24,25)14-28-11-8-19-20(28)2-1-3-21(19)30-18-6-9-27(10-7-18)13-17-12-26-15-29(17)16-4-5-16/h1-3,8,11-12,15-16,18H,4-7,9-10,13-14H2. The van der Waals surface area contributed by atoms with Crippen molar-refractivity contribution in [3.8, 4) is 5.75 Å². The second-order valence-corrected chi connectivity index (χ2v) is 8.36. The second-order valence-electron chi connectivity index (χ2n) is 8.36. The summed E-state index contributed by atoms with van der Waals surface area (Å²) >= 11 is 0. The van der Waals surface area contributed by atoms with E-state index in [4.69, 9.17) is 4.74 Å². The number of fused-ring (bicyclic) bond motifs is 1. The Morgan fingerprint density at radius 1 is 1.07 bits per heavy atom. The molecule has 3 heterocycles. The summed E-state index contributed by atoms with van der Waals surface area (Å²) in [6.45, 7) is 1.78. The van der Waals surface area contributed by atoms with E-state index in [1.165, 1.54) is 29.3 Å². The zero-order valence-corrected chi connectivity index (χ0v) is 16.7. The highest BCUT2D eigenvalue weighted by molar-refractivity contribution is 5.86. The van der Waals surface area contributed by atoms with Gasteiger partial charge >= 0.3 is 6.18 Å². The maximum absolute atomic E-state index is 12.8. The first-order valence-corrected chi connectivity index (χ1v) is 10.5. The Balaban J connectivity index is 1.21. The summed E-state index contributed by atoms with van der Waals surface area (Å²) in [5.41, 5.74) is 1.82. The number of piperidine rings is 1. The number of likely N-dealkylation sites (tertiary alicyclic amines) is 1. The minimum absolute atomic E-state index is 0.0751. The third-order valence-electron chi connectivity index (χ3n) is 6.02. The van der Waals surface area contributed by atoms with Crippen LogP contribution in [0.25, 0.3) is 10.9 Å². The molecule has 5 rings (SSSR count). The Bertz CT molecular complexity index is 1010. The van der Waals surface area contributed by atoms with Gasteiger partial charge in [0.2, 0.25) is 0 Å². The summed E-state index contributed by atoms with van der Waals surface area (Å²) in [6.07, 6.45) is 5.51. The van der Waals surface area contributed by atoms with E-state index in [0.29, 0.717) is 17.3 Å². The lowest BCUT2D eigenvalue weighted by atomic mass is 10.1. The van der Waals surface area contributed by atoms with Gasteiger partial charge in [0.05, 0.1) is 17.5 Å². The molecule has 0 atom stereocenters. The van der Waals surface area contributed by atoms with Crippen molar-refractivity contribution >= 4 is 10.9 Å². The fraction of sp³-hybridized carbons (Fsp3) is 0.500. The number of rotatable bonds is 6. The van der Waals surface area contributed by atoms with Gasteiger partial charge in [-0.25, -0.2) is 4.98 Å². The molecule has 2 aliphatic rings. The average molecular weight is 418 g/mol. The maximum Gasteiger partial charge on any atom is 0.406 e. The first-order valence-electron chi connectivity index (χ1n) is 10.5. The lowest BCUT2D eigenvalue weighted by Gasteiger charge is -2.32. The molecule has 8 heteroatoms. The molecule has 1 saturated carbocycles. The molecular weight excluding hydrogens is 393 g/mol. The number of alkyl halides is 3. The highest BCUT2D eigenvalue weighted by Gasteiger charge is 2.29. The predicted molar refractivity (Wildman–Crippen MR) is 107 cm³/mol. The van der Waals surface area contributed by atoms with Crippen molar-refractivity contribution in [3.63, 3.8) is 0 Å². The van der Waals surface area contributed by atoms with Gasteiger partial charge in [0.15, 0.2) is 0 Å². The number of hydrogen-bond donors (Lipinski definition) is 0. The summed E-state index contributed by atoms with van der Waals surface area (Å²) in [7, 11) is 0. The number of halogens is 3. The van der Waals surface area contributed by atoms with E-state index in [2.05, 4.69) is 14.5 Å². The summed E-state index contributed by atoms with van der Waals surface area (Å²) in [4.78, 5) is 6.74. The largest absolute Gasteiger partial charge is 0.490 e. The third kappa shape index (κ3) is 4.19. The van der Waals surface area contributed by atoms with Crippen molar-refractivity contribution in [3.05, 3.63) is 48.7 Å². The van der Waals surface area contributed by atoms with Gasteiger partial charge in [-0.15, -0.1) is 0 Å². The van der Waals surface area contributed by atoms with Crippen LogP contribution >= 0.6 is 0 Å². The predicted octanol–water partition coefficient (Wildman–Crippen LogP) is 4.78. The van der Waals surface area contributed by atoms with Crippen LogP contribution in [0.2, 0.25) is 0 Å². The molecular formula is C22H25F3N4O. The van der Waals surface area contributed by atoms with Gasteiger partial charge in [0, 0.05) is 43.5 Å². The molecule has 0 unspecified atom stereocenters. The van der Waals surface area contributed by atoms with Crippen LogP contribution in [0.1, 0.15) is 37.4 Å². The highest BCUT2D eigenvalue weighted by atomic mass is 19.4. The zero-order valence-electron chi connectivity index (χ0n) is 16.7. The van der Waals surface area contributed by atoms with E-state index in [1.54, 1.807) is 18.2 Å². The molecule has 30 heavy (non-hydrogen) atoms. The van der Waals surface area contributed by atoms with E-state index in [9.17, 15) is 13.2 Å². The van der Waals surface area contributed by atoms with Crippen LogP contribution in [-0.4, -0.2) is 44.4 Å². The molecule has 0 spiro atoms.